The second kappa shape index (κ2) is 8.01. The van der Waals surface area contributed by atoms with E-state index in [-0.39, 0.29) is 12.2 Å². The maximum Gasteiger partial charge on any atom is 0.0601 e. The molecule has 0 aromatic carbocycles. The van der Waals surface area contributed by atoms with Crippen molar-refractivity contribution in [1.82, 2.24) is 0 Å². The summed E-state index contributed by atoms with van der Waals surface area (Å²) in [7, 11) is 1.71. The van der Waals surface area contributed by atoms with Gasteiger partial charge in [0.05, 0.1) is 12.2 Å². The van der Waals surface area contributed by atoms with Crippen molar-refractivity contribution >= 4 is 0 Å². The maximum atomic E-state index is 9.63. The summed E-state index contributed by atoms with van der Waals surface area (Å²) in [6, 6.07) is 0. The Labute approximate surface area is 88.0 Å². The number of allylic oxidation sites excluding steroid dienone is 1. The van der Waals surface area contributed by atoms with Crippen LogP contribution in [0.1, 0.15) is 39.5 Å². The van der Waals surface area contributed by atoms with Gasteiger partial charge in [0.1, 0.15) is 0 Å². The van der Waals surface area contributed by atoms with E-state index in [0.717, 1.165) is 25.7 Å². The molecule has 0 aliphatic heterocycles. The molecule has 0 saturated carbocycles. The van der Waals surface area contributed by atoms with Crippen molar-refractivity contribution in [2.45, 2.75) is 51.7 Å². The zero-order valence-corrected chi connectivity index (χ0v) is 9.70. The van der Waals surface area contributed by atoms with E-state index < -0.39 is 0 Å². The number of aliphatic hydroxyl groups excluding tert-OH is 1. The molecule has 0 bridgehead atoms. The van der Waals surface area contributed by atoms with Crippen LogP contribution in [0.25, 0.3) is 0 Å². The van der Waals surface area contributed by atoms with Gasteiger partial charge in [0.2, 0.25) is 0 Å². The van der Waals surface area contributed by atoms with E-state index in [0.29, 0.717) is 5.92 Å². The molecule has 0 spiro atoms. The molecule has 0 radical (unpaired) electrons. The smallest absolute Gasteiger partial charge is 0.0601 e. The van der Waals surface area contributed by atoms with Crippen molar-refractivity contribution in [1.29, 1.82) is 0 Å². The van der Waals surface area contributed by atoms with Crippen LogP contribution in [-0.2, 0) is 4.74 Å². The molecule has 2 nitrogen and oxygen atoms in total. The summed E-state index contributed by atoms with van der Waals surface area (Å²) in [5, 5.41) is 9.63. The Hall–Kier alpha value is -0.340. The molecular formula is C12H24O2. The molecular weight excluding hydrogens is 176 g/mol. The van der Waals surface area contributed by atoms with Gasteiger partial charge >= 0.3 is 0 Å². The van der Waals surface area contributed by atoms with Gasteiger partial charge in [-0.2, -0.15) is 0 Å². The molecule has 2 heteroatoms. The van der Waals surface area contributed by atoms with Crippen LogP contribution < -0.4 is 0 Å². The van der Waals surface area contributed by atoms with Gasteiger partial charge in [-0.05, 0) is 25.2 Å². The Bertz CT molecular complexity index is 145. The number of methoxy groups -OCH3 is 1. The number of hydrogen-bond acceptors (Lipinski definition) is 2. The minimum absolute atomic E-state index is 0.157. The summed E-state index contributed by atoms with van der Waals surface area (Å²) in [4.78, 5) is 0. The van der Waals surface area contributed by atoms with Crippen LogP contribution in [-0.4, -0.2) is 24.4 Å². The molecule has 0 amide bonds. The molecule has 1 N–H and O–H groups in total. The fourth-order valence-corrected chi connectivity index (χ4v) is 1.55. The topological polar surface area (TPSA) is 29.5 Å². The van der Waals surface area contributed by atoms with Gasteiger partial charge < -0.3 is 9.84 Å². The monoisotopic (exact) mass is 200 g/mol. The first-order valence-corrected chi connectivity index (χ1v) is 5.47. The van der Waals surface area contributed by atoms with Crippen LogP contribution in [0, 0.1) is 5.92 Å². The summed E-state index contributed by atoms with van der Waals surface area (Å²) in [5.74, 6) is 0.453. The van der Waals surface area contributed by atoms with Crippen LogP contribution in [0.2, 0.25) is 0 Å². The SMILES string of the molecule is C=C[C@H](C)C[C@@H](C[C@@H](O)CCC)OC. The minimum Gasteiger partial charge on any atom is -0.393 e. The summed E-state index contributed by atoms with van der Waals surface area (Å²) in [5.41, 5.74) is 0. The lowest BCUT2D eigenvalue weighted by atomic mass is 9.98. The molecule has 0 fully saturated rings. The number of aliphatic hydroxyl groups is 1. The molecule has 0 saturated heterocycles. The molecule has 0 aliphatic carbocycles. The molecule has 3 atom stereocenters. The summed E-state index contributed by atoms with van der Waals surface area (Å²) in [6.45, 7) is 7.94. The third-order valence-corrected chi connectivity index (χ3v) is 2.53. The molecule has 0 aromatic heterocycles. The van der Waals surface area contributed by atoms with Crippen LogP contribution >= 0.6 is 0 Å². The van der Waals surface area contributed by atoms with E-state index in [4.69, 9.17) is 4.74 Å². The third-order valence-electron chi connectivity index (χ3n) is 2.53. The van der Waals surface area contributed by atoms with E-state index in [9.17, 15) is 5.11 Å². The molecule has 0 aromatic rings. The Balaban J connectivity index is 3.83. The maximum absolute atomic E-state index is 9.63. The standard InChI is InChI=1S/C12H24O2/c1-5-7-11(13)9-12(14-4)8-10(3)6-2/h6,10-13H,2,5,7-9H2,1,3-4H3/t10-,11-,12-/m0/s1. The number of ether oxygens (including phenoxy) is 1. The van der Waals surface area contributed by atoms with Gasteiger partial charge in [-0.25, -0.2) is 0 Å². The van der Waals surface area contributed by atoms with Crippen LogP contribution in [0.15, 0.2) is 12.7 Å². The van der Waals surface area contributed by atoms with Gasteiger partial charge in [-0.15, -0.1) is 6.58 Å². The third kappa shape index (κ3) is 6.17. The van der Waals surface area contributed by atoms with Crippen LogP contribution in [0.3, 0.4) is 0 Å². The predicted molar refractivity (Wildman–Crippen MR) is 60.3 cm³/mol. The van der Waals surface area contributed by atoms with Crippen LogP contribution in [0.4, 0.5) is 0 Å². The fraction of sp³-hybridized carbons (Fsp3) is 0.833. The Morgan fingerprint density at radius 2 is 2.07 bits per heavy atom. The molecule has 0 aliphatic rings. The first kappa shape index (κ1) is 13.7. The molecule has 84 valence electrons. The van der Waals surface area contributed by atoms with E-state index in [1.54, 1.807) is 7.11 Å². The second-order valence-corrected chi connectivity index (χ2v) is 3.98. The van der Waals surface area contributed by atoms with Gasteiger partial charge in [0.25, 0.3) is 0 Å². The van der Waals surface area contributed by atoms with Crippen molar-refractivity contribution in [3.05, 3.63) is 12.7 Å². The minimum atomic E-state index is -0.220. The fourth-order valence-electron chi connectivity index (χ4n) is 1.55. The van der Waals surface area contributed by atoms with Crippen molar-refractivity contribution in [3.63, 3.8) is 0 Å². The highest BCUT2D eigenvalue weighted by atomic mass is 16.5. The molecule has 14 heavy (non-hydrogen) atoms. The summed E-state index contributed by atoms with van der Waals surface area (Å²) >= 11 is 0. The predicted octanol–water partition coefficient (Wildman–Crippen LogP) is 2.76. The van der Waals surface area contributed by atoms with Gasteiger partial charge in [0.15, 0.2) is 0 Å². The molecule has 0 rings (SSSR count). The Morgan fingerprint density at radius 1 is 1.43 bits per heavy atom. The number of rotatable bonds is 8. The highest BCUT2D eigenvalue weighted by Crippen LogP contribution is 2.15. The highest BCUT2D eigenvalue weighted by Gasteiger charge is 2.15. The van der Waals surface area contributed by atoms with Crippen LogP contribution in [0.5, 0.6) is 0 Å². The van der Waals surface area contributed by atoms with Crippen molar-refractivity contribution in [2.75, 3.05) is 7.11 Å². The summed E-state index contributed by atoms with van der Waals surface area (Å²) in [6.07, 6.45) is 5.44. The van der Waals surface area contributed by atoms with Gasteiger partial charge in [0, 0.05) is 7.11 Å². The van der Waals surface area contributed by atoms with Crippen molar-refractivity contribution < 1.29 is 9.84 Å². The average Bonchev–Trinajstić information content (AvgIpc) is 2.16. The van der Waals surface area contributed by atoms with Gasteiger partial charge in [-0.1, -0.05) is 26.3 Å². The first-order chi connectivity index (χ1) is 6.63. The zero-order valence-electron chi connectivity index (χ0n) is 9.70. The number of hydrogen-bond donors (Lipinski definition) is 1. The Morgan fingerprint density at radius 3 is 2.50 bits per heavy atom. The quantitative estimate of drug-likeness (QED) is 0.610. The largest absolute Gasteiger partial charge is 0.393 e. The lowest BCUT2D eigenvalue weighted by Crippen LogP contribution is -2.21. The average molecular weight is 200 g/mol. The van der Waals surface area contributed by atoms with Gasteiger partial charge in [-0.3, -0.25) is 0 Å². The lowest BCUT2D eigenvalue weighted by molar-refractivity contribution is 0.0322. The molecule has 0 heterocycles. The van der Waals surface area contributed by atoms with E-state index in [2.05, 4.69) is 20.4 Å². The normalized spacial score (nSPS) is 17.4. The Kier molecular flexibility index (Phi) is 7.81. The lowest BCUT2D eigenvalue weighted by Gasteiger charge is -2.20. The second-order valence-electron chi connectivity index (χ2n) is 3.98. The van der Waals surface area contributed by atoms with Crippen molar-refractivity contribution in [3.8, 4) is 0 Å². The summed E-state index contributed by atoms with van der Waals surface area (Å²) < 4.78 is 5.33. The molecule has 0 unspecified atom stereocenters. The van der Waals surface area contributed by atoms with E-state index in [1.165, 1.54) is 0 Å². The zero-order chi connectivity index (χ0) is 11.0. The van der Waals surface area contributed by atoms with Crippen molar-refractivity contribution in [2.24, 2.45) is 5.92 Å². The van der Waals surface area contributed by atoms with E-state index >= 15 is 0 Å². The van der Waals surface area contributed by atoms with E-state index in [1.807, 2.05) is 6.08 Å². The highest BCUT2D eigenvalue weighted by molar-refractivity contribution is 4.78. The first-order valence-electron chi connectivity index (χ1n) is 5.47.